The zero-order valence-electron chi connectivity index (χ0n) is 51.2. The van der Waals surface area contributed by atoms with Gasteiger partial charge in [-0.1, -0.05) is 243 Å². The highest BCUT2D eigenvalue weighted by Gasteiger charge is 2.56. The smallest absolute Gasteiger partial charge is 0.252 e. The third kappa shape index (κ3) is 6.12. The zero-order valence-corrected chi connectivity index (χ0v) is 51.2. The molecule has 17 aromatic rings. The molecule has 0 bridgehead atoms. The van der Waals surface area contributed by atoms with Crippen molar-refractivity contribution in [2.75, 3.05) is 9.80 Å². The van der Waals surface area contributed by atoms with Gasteiger partial charge in [0, 0.05) is 55.4 Å². The molecule has 0 atom stereocenters. The van der Waals surface area contributed by atoms with Crippen molar-refractivity contribution in [3.63, 3.8) is 0 Å². The largest absolute Gasteiger partial charge is 0.456 e. The fourth-order valence-electron chi connectivity index (χ4n) is 19.1. The van der Waals surface area contributed by atoms with E-state index in [2.05, 4.69) is 319 Å². The summed E-state index contributed by atoms with van der Waals surface area (Å²) in [5, 5.41) is 6.74. The Hall–Kier alpha value is -12.2. The van der Waals surface area contributed by atoms with Crippen LogP contribution in [0.3, 0.4) is 0 Å². The number of nitrogens with zero attached hydrogens (tertiary/aromatic N) is 2. The Labute approximate surface area is 547 Å². The summed E-state index contributed by atoms with van der Waals surface area (Å²) in [6.07, 6.45) is 0. The first-order valence-corrected chi connectivity index (χ1v) is 33.2. The van der Waals surface area contributed by atoms with Crippen LogP contribution in [0, 0.1) is 0 Å². The fourth-order valence-corrected chi connectivity index (χ4v) is 19.1. The van der Waals surface area contributed by atoms with Gasteiger partial charge >= 0.3 is 0 Å². The minimum atomic E-state index is -0.567. The van der Waals surface area contributed by atoms with Gasteiger partial charge in [0.25, 0.3) is 6.71 Å². The molecule has 0 N–H and O–H groups in total. The van der Waals surface area contributed by atoms with Gasteiger partial charge in [-0.2, -0.15) is 0 Å². The molecule has 436 valence electrons. The Kier molecular flexibility index (Phi) is 9.51. The van der Waals surface area contributed by atoms with Gasteiger partial charge in [0.2, 0.25) is 0 Å². The third-order valence-corrected chi connectivity index (χ3v) is 22.6. The molecule has 0 saturated carbocycles. The predicted octanol–water partition coefficient (Wildman–Crippen LogP) is 21.1. The molecule has 15 aromatic carbocycles. The molecular weight excluding hydrogens is 1150 g/mol. The molecule has 95 heavy (non-hydrogen) atoms. The van der Waals surface area contributed by atoms with Gasteiger partial charge in [0.1, 0.15) is 22.3 Å². The van der Waals surface area contributed by atoms with E-state index in [4.69, 9.17) is 8.83 Å². The van der Waals surface area contributed by atoms with Crippen LogP contribution in [-0.2, 0) is 10.8 Å². The normalized spacial score (nSPS) is 14.6. The van der Waals surface area contributed by atoms with Crippen LogP contribution < -0.4 is 26.2 Å². The second-order valence-corrected chi connectivity index (χ2v) is 26.8. The van der Waals surface area contributed by atoms with E-state index in [-0.39, 0.29) is 6.71 Å². The van der Waals surface area contributed by atoms with Crippen LogP contribution in [0.5, 0.6) is 0 Å². The highest BCUT2D eigenvalue weighted by molar-refractivity contribution is 7.00. The van der Waals surface area contributed by atoms with E-state index in [0.717, 1.165) is 100 Å². The molecule has 0 saturated heterocycles. The highest BCUT2D eigenvalue weighted by atomic mass is 16.3. The number of fused-ring (bicyclic) bond motifs is 31. The Balaban J connectivity index is 0.885. The van der Waals surface area contributed by atoms with Crippen molar-refractivity contribution in [1.82, 2.24) is 0 Å². The van der Waals surface area contributed by atoms with Gasteiger partial charge in [-0.3, -0.25) is 0 Å². The zero-order chi connectivity index (χ0) is 61.6. The lowest BCUT2D eigenvalue weighted by molar-refractivity contribution is 0.669. The molecule has 2 aromatic heterocycles. The lowest BCUT2D eigenvalue weighted by Gasteiger charge is -2.45. The summed E-state index contributed by atoms with van der Waals surface area (Å²) in [5.74, 6) is 0. The maximum atomic E-state index is 7.07. The van der Waals surface area contributed by atoms with Gasteiger partial charge in [-0.25, -0.2) is 0 Å². The first-order valence-electron chi connectivity index (χ1n) is 33.2. The summed E-state index contributed by atoms with van der Waals surface area (Å²) in [6.45, 7) is -0.286. The number of rotatable bonds is 3. The minimum Gasteiger partial charge on any atom is -0.456 e. The van der Waals surface area contributed by atoms with Crippen molar-refractivity contribution in [2.24, 2.45) is 0 Å². The fraction of sp³-hybridized carbons (Fsp3) is 0.0222. The van der Waals surface area contributed by atoms with Crippen LogP contribution in [0.15, 0.2) is 318 Å². The summed E-state index contributed by atoms with van der Waals surface area (Å²) in [7, 11) is 0. The van der Waals surface area contributed by atoms with Crippen LogP contribution in [0.25, 0.3) is 110 Å². The van der Waals surface area contributed by atoms with Gasteiger partial charge < -0.3 is 18.6 Å². The third-order valence-electron chi connectivity index (χ3n) is 22.6. The number of para-hydroxylation sites is 2. The maximum Gasteiger partial charge on any atom is 0.252 e. The molecule has 6 aliphatic rings. The molecule has 2 aliphatic heterocycles. The number of benzene rings is 15. The summed E-state index contributed by atoms with van der Waals surface area (Å²) in [6, 6.07) is 117. The van der Waals surface area contributed by atoms with Gasteiger partial charge in [0.05, 0.1) is 22.2 Å². The van der Waals surface area contributed by atoms with E-state index in [9.17, 15) is 0 Å². The van der Waals surface area contributed by atoms with E-state index in [1.165, 1.54) is 105 Å². The highest BCUT2D eigenvalue weighted by Crippen LogP contribution is 2.67. The SMILES string of the molecule is c1ccc2c(c1)-c1ccccc1C21c2ccccc2-c2c(N3c4cc5c(cc4B4c6cc7oc8ccccc8c7cc6N(c6cccc7c6-c6ccccc6C76c7ccccc7-c7ccccc76)c6cc(-c7ccc8ccccc8c7)cc3c64)oc3ccccc35)cccc21. The van der Waals surface area contributed by atoms with Crippen molar-refractivity contribution in [2.45, 2.75) is 10.8 Å². The molecule has 0 unspecified atom stereocenters. The Morgan fingerprint density at radius 1 is 0.242 bits per heavy atom. The van der Waals surface area contributed by atoms with E-state index in [1.54, 1.807) is 0 Å². The van der Waals surface area contributed by atoms with Crippen LogP contribution in [0.1, 0.15) is 44.5 Å². The van der Waals surface area contributed by atoms with E-state index < -0.39 is 10.8 Å². The monoisotopic (exact) mass is 1200 g/mol. The van der Waals surface area contributed by atoms with Gasteiger partial charge in [-0.15, -0.1) is 0 Å². The Bertz CT molecular complexity index is 5930. The number of hydrogen-bond donors (Lipinski definition) is 0. The average molecular weight is 1200 g/mol. The van der Waals surface area contributed by atoms with Crippen molar-refractivity contribution in [1.29, 1.82) is 0 Å². The van der Waals surface area contributed by atoms with Crippen LogP contribution >= 0.6 is 0 Å². The number of hydrogen-bond acceptors (Lipinski definition) is 4. The first kappa shape index (κ1) is 50.5. The van der Waals surface area contributed by atoms with E-state index in [0.29, 0.717) is 0 Å². The first-order chi connectivity index (χ1) is 47.1. The lowest BCUT2D eigenvalue weighted by Crippen LogP contribution is -2.61. The minimum absolute atomic E-state index is 0.286. The van der Waals surface area contributed by atoms with Crippen molar-refractivity contribution in [3.05, 3.63) is 354 Å². The lowest BCUT2D eigenvalue weighted by atomic mass is 9.33. The average Bonchev–Trinajstić information content (AvgIpc) is 1.60. The summed E-state index contributed by atoms with van der Waals surface area (Å²) >= 11 is 0. The molecule has 0 fully saturated rings. The van der Waals surface area contributed by atoms with Crippen LogP contribution in [0.4, 0.5) is 34.1 Å². The number of furan rings is 2. The molecular formula is C90H51BN2O2. The summed E-state index contributed by atoms with van der Waals surface area (Å²) < 4.78 is 14.1. The molecule has 4 aliphatic carbocycles. The van der Waals surface area contributed by atoms with Crippen LogP contribution in [0.2, 0.25) is 0 Å². The van der Waals surface area contributed by atoms with Crippen molar-refractivity contribution >= 4 is 112 Å². The second kappa shape index (κ2) is 17.9. The van der Waals surface area contributed by atoms with Gasteiger partial charge in [0.15, 0.2) is 0 Å². The van der Waals surface area contributed by atoms with Crippen molar-refractivity contribution < 1.29 is 8.83 Å². The second-order valence-electron chi connectivity index (χ2n) is 26.8. The summed E-state index contributed by atoms with van der Waals surface area (Å²) in [4.78, 5) is 5.35. The van der Waals surface area contributed by atoms with Gasteiger partial charge in [-0.05, 0) is 183 Å². The molecule has 2 spiro atoms. The van der Waals surface area contributed by atoms with E-state index in [1.807, 2.05) is 0 Å². The standard InChI is InChI=1S/C90H51BN2O2/c1-2-22-53-45-54(44-43-52(53)21-1)55-46-80-88-81(47-55)93(77-40-20-38-73-87(77)63-30-8-16-36-71(63)90(73)68-33-13-5-25-58(68)59-26-6-14-34-69(59)90)79-49-65-61-28-10-18-42-83(61)95-85(65)51-75(79)91(88)74-50-84-64(60-27-9-17-41-82(60)94-84)48-78(74)92(80)76-39-19-37-72-86(76)62-29-7-15-35-70(62)89(72)66-31-11-3-23-56(66)57-24-4-12-32-67(57)89/h1-51H. The predicted molar refractivity (Wildman–Crippen MR) is 391 cm³/mol. The topological polar surface area (TPSA) is 32.8 Å². The molecule has 0 amide bonds. The summed E-state index contributed by atoms with van der Waals surface area (Å²) in [5.41, 5.74) is 35.4. The molecule has 23 rings (SSSR count). The van der Waals surface area contributed by atoms with Crippen molar-refractivity contribution in [3.8, 4) is 55.6 Å². The number of anilines is 6. The molecule has 4 heterocycles. The molecule has 4 nitrogen and oxygen atoms in total. The maximum absolute atomic E-state index is 7.07. The molecule has 0 radical (unpaired) electrons. The quantitative estimate of drug-likeness (QED) is 0.165. The Morgan fingerprint density at radius 2 is 0.621 bits per heavy atom. The Morgan fingerprint density at radius 3 is 1.08 bits per heavy atom. The molecule has 5 heteroatoms. The van der Waals surface area contributed by atoms with Crippen LogP contribution in [-0.4, -0.2) is 6.71 Å². The van der Waals surface area contributed by atoms with E-state index >= 15 is 0 Å².